The summed E-state index contributed by atoms with van der Waals surface area (Å²) < 4.78 is 4.90. The van der Waals surface area contributed by atoms with Crippen molar-refractivity contribution in [3.63, 3.8) is 0 Å². The molecule has 1 spiro atoms. The highest BCUT2D eigenvalue weighted by Crippen LogP contribution is 2.67. The van der Waals surface area contributed by atoms with Crippen LogP contribution in [0.1, 0.15) is 51.0 Å². The maximum Gasteiger partial charge on any atom is 0.310 e. The van der Waals surface area contributed by atoms with E-state index in [0.29, 0.717) is 30.2 Å². The van der Waals surface area contributed by atoms with Crippen LogP contribution in [0.5, 0.6) is 0 Å². The fourth-order valence-electron chi connectivity index (χ4n) is 6.64. The van der Waals surface area contributed by atoms with Crippen LogP contribution >= 0.6 is 23.4 Å². The quantitative estimate of drug-likeness (QED) is 0.204. The van der Waals surface area contributed by atoms with E-state index in [9.17, 15) is 19.5 Å². The van der Waals surface area contributed by atoms with Crippen LogP contribution in [0.3, 0.4) is 0 Å². The third-order valence-corrected chi connectivity index (χ3v) is 10.7. The Hall–Kier alpha value is -2.29. The van der Waals surface area contributed by atoms with Gasteiger partial charge >= 0.3 is 5.97 Å². The Labute approximate surface area is 240 Å². The zero-order valence-electron chi connectivity index (χ0n) is 22.8. The van der Waals surface area contributed by atoms with Crippen LogP contribution in [0.15, 0.2) is 43.5 Å². The molecule has 3 aliphatic heterocycles. The van der Waals surface area contributed by atoms with E-state index in [1.54, 1.807) is 33.7 Å². The molecule has 3 heterocycles. The fourth-order valence-corrected chi connectivity index (χ4v) is 9.15. The van der Waals surface area contributed by atoms with E-state index < -0.39 is 28.7 Å². The number of aryl methyl sites for hydroxylation is 1. The van der Waals surface area contributed by atoms with Crippen LogP contribution in [-0.2, 0) is 19.1 Å². The number of para-hydroxylation sites is 1. The topological polar surface area (TPSA) is 87.1 Å². The molecule has 39 heavy (non-hydrogen) atoms. The summed E-state index contributed by atoms with van der Waals surface area (Å²) in [4.78, 5) is 45.4. The number of hydrogen-bond acceptors (Lipinski definition) is 6. The van der Waals surface area contributed by atoms with Gasteiger partial charge < -0.3 is 19.6 Å². The largest absolute Gasteiger partial charge is 0.465 e. The summed E-state index contributed by atoms with van der Waals surface area (Å²) in [7, 11) is 0. The number of hydrogen-bond donors (Lipinski definition) is 1. The summed E-state index contributed by atoms with van der Waals surface area (Å²) in [5.41, 5.74) is 1.42. The van der Waals surface area contributed by atoms with Gasteiger partial charge in [-0.1, -0.05) is 42.8 Å². The molecule has 7 nitrogen and oxygen atoms in total. The molecule has 2 amide bonds. The van der Waals surface area contributed by atoms with Crippen LogP contribution < -0.4 is 4.90 Å². The second-order valence-electron chi connectivity index (χ2n) is 10.6. The van der Waals surface area contributed by atoms with Gasteiger partial charge in [0, 0.05) is 11.8 Å². The summed E-state index contributed by atoms with van der Waals surface area (Å²) in [6.45, 7) is 11.6. The van der Waals surface area contributed by atoms with Gasteiger partial charge in [0.2, 0.25) is 5.91 Å². The molecule has 3 saturated heterocycles. The number of unbranched alkanes of at least 4 members (excludes halogenated alkanes) is 2. The normalized spacial score (nSPS) is 27.8. The zero-order chi connectivity index (χ0) is 28.3. The number of carbonyl (C=O) groups excluding carboxylic acids is 3. The number of benzene rings is 1. The summed E-state index contributed by atoms with van der Waals surface area (Å²) in [6, 6.07) is 4.08. The van der Waals surface area contributed by atoms with Crippen molar-refractivity contribution < 1.29 is 24.2 Å². The number of esters is 1. The first-order valence-electron chi connectivity index (χ1n) is 13.8. The van der Waals surface area contributed by atoms with E-state index in [1.807, 2.05) is 32.1 Å². The number of fused-ring (bicyclic) bond motifs is 1. The molecule has 9 heteroatoms. The Morgan fingerprint density at radius 2 is 2.10 bits per heavy atom. The van der Waals surface area contributed by atoms with Crippen LogP contribution in [0.25, 0.3) is 0 Å². The second-order valence-corrected chi connectivity index (χ2v) is 12.6. The SMILES string of the molecule is C=CCCCCOC(=O)[C@@H]1[C@H]2C(=O)N([C@@H](CC)CO)C(C(=O)N(CC=C)c3c(C)cccc3Cl)C23CC[C@H]1S3. The molecule has 0 saturated carbocycles. The number of carbonyl (C=O) groups is 3. The molecule has 0 aliphatic carbocycles. The maximum atomic E-state index is 14.6. The lowest BCUT2D eigenvalue weighted by atomic mass is 9.71. The lowest BCUT2D eigenvalue weighted by Gasteiger charge is -2.39. The van der Waals surface area contributed by atoms with Gasteiger partial charge in [0.25, 0.3) is 5.91 Å². The molecular weight excluding hydrogens is 536 g/mol. The number of amides is 2. The van der Waals surface area contributed by atoms with Gasteiger partial charge in [0.15, 0.2) is 0 Å². The molecule has 0 aromatic heterocycles. The Morgan fingerprint density at radius 3 is 2.74 bits per heavy atom. The fraction of sp³-hybridized carbons (Fsp3) is 0.567. The number of likely N-dealkylation sites (tertiary alicyclic amines) is 1. The highest BCUT2D eigenvalue weighted by molar-refractivity contribution is 8.02. The number of thioether (sulfide) groups is 1. The number of aliphatic hydroxyl groups is 1. The second kappa shape index (κ2) is 12.5. The first kappa shape index (κ1) is 29.7. The molecule has 1 N–H and O–H groups in total. The minimum Gasteiger partial charge on any atom is -0.465 e. The molecule has 0 radical (unpaired) electrons. The monoisotopic (exact) mass is 574 g/mol. The van der Waals surface area contributed by atoms with Crippen molar-refractivity contribution in [1.82, 2.24) is 4.90 Å². The standard InChI is InChI=1S/C30H39ClN2O5S/c1-5-8-9-10-17-38-29(37)23-22-14-15-30(39-22)24(23)27(35)33(20(7-3)18-34)26(30)28(36)32(16-6-2)25-19(4)12-11-13-21(25)31/h5-6,11-13,20,22-24,26,34H,1-2,7-10,14-18H2,3-4H3/t20-,22+,23-,24-,26?,30?/m0/s1. The van der Waals surface area contributed by atoms with Crippen molar-refractivity contribution >= 4 is 46.8 Å². The minimum atomic E-state index is -0.844. The predicted molar refractivity (Wildman–Crippen MR) is 156 cm³/mol. The van der Waals surface area contributed by atoms with Crippen molar-refractivity contribution in [1.29, 1.82) is 0 Å². The molecule has 6 atom stereocenters. The predicted octanol–water partition coefficient (Wildman–Crippen LogP) is 4.93. The summed E-state index contributed by atoms with van der Waals surface area (Å²) >= 11 is 8.20. The first-order chi connectivity index (χ1) is 18.8. The van der Waals surface area contributed by atoms with Crippen LogP contribution in [0.4, 0.5) is 5.69 Å². The Kier molecular flexibility index (Phi) is 9.50. The maximum absolute atomic E-state index is 14.6. The molecular formula is C30H39ClN2O5S. The first-order valence-corrected chi connectivity index (χ1v) is 15.1. The number of anilines is 1. The molecule has 1 aromatic carbocycles. The molecule has 2 unspecified atom stereocenters. The summed E-state index contributed by atoms with van der Waals surface area (Å²) in [6.07, 6.45) is 7.80. The average molecular weight is 575 g/mol. The molecule has 4 rings (SSSR count). The lowest BCUT2D eigenvalue weighted by Crippen LogP contribution is -2.57. The number of ether oxygens (including phenoxy) is 1. The smallest absolute Gasteiger partial charge is 0.310 e. The van der Waals surface area contributed by atoms with Crippen molar-refractivity contribution in [3.8, 4) is 0 Å². The Bertz CT molecular complexity index is 1100. The summed E-state index contributed by atoms with van der Waals surface area (Å²) in [5, 5.41) is 10.6. The van der Waals surface area contributed by atoms with Gasteiger partial charge in [-0.2, -0.15) is 0 Å². The van der Waals surface area contributed by atoms with Crippen molar-refractivity contribution in [2.24, 2.45) is 11.8 Å². The van der Waals surface area contributed by atoms with E-state index in [-0.39, 0.29) is 36.2 Å². The van der Waals surface area contributed by atoms with Gasteiger partial charge in [-0.15, -0.1) is 24.9 Å². The number of nitrogens with zero attached hydrogens (tertiary/aromatic N) is 2. The Balaban J connectivity index is 1.73. The zero-order valence-corrected chi connectivity index (χ0v) is 24.4. The van der Waals surface area contributed by atoms with Crippen LogP contribution in [-0.4, -0.2) is 69.6 Å². The molecule has 3 fully saturated rings. The van der Waals surface area contributed by atoms with E-state index in [4.69, 9.17) is 16.3 Å². The number of rotatable bonds is 13. The van der Waals surface area contributed by atoms with Crippen LogP contribution in [0, 0.1) is 18.8 Å². The Morgan fingerprint density at radius 1 is 1.33 bits per heavy atom. The molecule has 3 aliphatic rings. The number of aliphatic hydroxyl groups excluding tert-OH is 1. The van der Waals surface area contributed by atoms with Crippen molar-refractivity contribution in [3.05, 3.63) is 54.1 Å². The molecule has 212 valence electrons. The van der Waals surface area contributed by atoms with Gasteiger partial charge in [0.1, 0.15) is 6.04 Å². The third kappa shape index (κ3) is 5.16. The van der Waals surface area contributed by atoms with Gasteiger partial charge in [0.05, 0.1) is 46.5 Å². The van der Waals surface area contributed by atoms with Gasteiger partial charge in [-0.05, 0) is 57.1 Å². The van der Waals surface area contributed by atoms with Gasteiger partial charge in [-0.25, -0.2) is 0 Å². The van der Waals surface area contributed by atoms with Crippen LogP contribution in [0.2, 0.25) is 5.02 Å². The molecule has 1 aromatic rings. The van der Waals surface area contributed by atoms with E-state index >= 15 is 0 Å². The van der Waals surface area contributed by atoms with E-state index in [2.05, 4.69) is 13.2 Å². The average Bonchev–Trinajstić information content (AvgIpc) is 3.56. The number of halogens is 1. The van der Waals surface area contributed by atoms with Crippen molar-refractivity contribution in [2.45, 2.75) is 74.5 Å². The highest BCUT2D eigenvalue weighted by atomic mass is 35.5. The summed E-state index contributed by atoms with van der Waals surface area (Å²) in [5.74, 6) is -2.15. The van der Waals surface area contributed by atoms with Crippen molar-refractivity contribution in [2.75, 3.05) is 24.7 Å². The van der Waals surface area contributed by atoms with Gasteiger partial charge in [-0.3, -0.25) is 14.4 Å². The van der Waals surface area contributed by atoms with E-state index in [0.717, 1.165) is 31.2 Å². The molecule has 2 bridgehead atoms. The lowest BCUT2D eigenvalue weighted by molar-refractivity contribution is -0.154. The highest BCUT2D eigenvalue weighted by Gasteiger charge is 2.74. The minimum absolute atomic E-state index is 0.0822. The number of allylic oxidation sites excluding steroid dienone is 1. The third-order valence-electron chi connectivity index (χ3n) is 8.40. The van der Waals surface area contributed by atoms with E-state index in [1.165, 1.54) is 0 Å².